The second kappa shape index (κ2) is 5.94. The minimum absolute atomic E-state index is 0.250. The first-order valence-electron chi connectivity index (χ1n) is 8.72. The highest BCUT2D eigenvalue weighted by Gasteiger charge is 2.64. The number of fused-ring (bicyclic) bond motifs is 1. The number of alkyl halides is 3. The molecule has 0 spiro atoms. The average molecular weight is 378 g/mol. The van der Waals surface area contributed by atoms with Gasteiger partial charge in [-0.2, -0.15) is 13.2 Å². The number of carbonyl (C=O) groups is 2. The van der Waals surface area contributed by atoms with Crippen molar-refractivity contribution in [2.45, 2.75) is 31.4 Å². The Morgan fingerprint density at radius 3 is 2.52 bits per heavy atom. The molecular formula is C19H17F3N2O3. The van der Waals surface area contributed by atoms with Crippen molar-refractivity contribution in [2.24, 2.45) is 5.41 Å². The minimum Gasteiger partial charge on any atom is -0.481 e. The predicted molar refractivity (Wildman–Crippen MR) is 90.4 cm³/mol. The molecule has 1 aromatic heterocycles. The monoisotopic (exact) mass is 378 g/mol. The van der Waals surface area contributed by atoms with E-state index >= 15 is 0 Å². The van der Waals surface area contributed by atoms with E-state index in [1.165, 1.54) is 0 Å². The molecule has 2 aliphatic rings. The lowest BCUT2D eigenvalue weighted by Crippen LogP contribution is -2.47. The fourth-order valence-electron chi connectivity index (χ4n) is 3.64. The van der Waals surface area contributed by atoms with Gasteiger partial charge in [0.1, 0.15) is 0 Å². The van der Waals surface area contributed by atoms with Gasteiger partial charge in [0, 0.05) is 30.1 Å². The zero-order chi connectivity index (χ0) is 19.4. The van der Waals surface area contributed by atoms with Crippen LogP contribution in [0.5, 0.6) is 0 Å². The molecule has 1 saturated carbocycles. The molecule has 8 heteroatoms. The third kappa shape index (κ3) is 2.83. The number of para-hydroxylation sites is 1. The Balaban J connectivity index is 1.73. The molecule has 4 rings (SSSR count). The second-order valence-corrected chi connectivity index (χ2v) is 7.25. The standard InChI is InChI=1S/C19H17F3N2O3/c20-19(21,22)18(17(26)27)7-8-24(10-18)16(25)13-9-15(11-5-6-11)23-14-4-2-1-3-12(13)14/h1-4,9,11H,5-8,10H2,(H,26,27). The molecule has 5 nitrogen and oxygen atoms in total. The van der Waals surface area contributed by atoms with E-state index in [0.29, 0.717) is 10.9 Å². The molecule has 1 aromatic carbocycles. The van der Waals surface area contributed by atoms with Gasteiger partial charge < -0.3 is 10.0 Å². The fraction of sp³-hybridized carbons (Fsp3) is 0.421. The van der Waals surface area contributed by atoms with Gasteiger partial charge in [0.25, 0.3) is 5.91 Å². The third-order valence-electron chi connectivity index (χ3n) is 5.47. The lowest BCUT2D eigenvalue weighted by atomic mass is 9.86. The average Bonchev–Trinajstić information content (AvgIpc) is 3.36. The van der Waals surface area contributed by atoms with E-state index in [2.05, 4.69) is 4.98 Å². The normalized spacial score (nSPS) is 23.0. The summed E-state index contributed by atoms with van der Waals surface area (Å²) in [4.78, 5) is 30.0. The van der Waals surface area contributed by atoms with Crippen LogP contribution in [-0.4, -0.2) is 46.1 Å². The number of hydrogen-bond donors (Lipinski definition) is 1. The largest absolute Gasteiger partial charge is 0.481 e. The van der Waals surface area contributed by atoms with Crippen LogP contribution < -0.4 is 0 Å². The summed E-state index contributed by atoms with van der Waals surface area (Å²) in [5, 5.41) is 9.76. The minimum atomic E-state index is -4.92. The van der Waals surface area contributed by atoms with Crippen molar-refractivity contribution in [3.63, 3.8) is 0 Å². The number of amides is 1. The number of carboxylic acids is 1. The van der Waals surface area contributed by atoms with Crippen LogP contribution in [0, 0.1) is 5.41 Å². The van der Waals surface area contributed by atoms with Crippen LogP contribution in [0.25, 0.3) is 10.9 Å². The van der Waals surface area contributed by atoms with Crippen molar-refractivity contribution >= 4 is 22.8 Å². The fourth-order valence-corrected chi connectivity index (χ4v) is 3.64. The van der Waals surface area contributed by atoms with Crippen molar-refractivity contribution in [3.8, 4) is 0 Å². The number of pyridine rings is 1. The number of carbonyl (C=O) groups excluding carboxylic acids is 1. The molecule has 1 amide bonds. The van der Waals surface area contributed by atoms with E-state index in [0.717, 1.165) is 23.4 Å². The number of nitrogens with zero attached hydrogens (tertiary/aromatic N) is 2. The van der Waals surface area contributed by atoms with E-state index in [-0.39, 0.29) is 18.0 Å². The maximum atomic E-state index is 13.4. The molecule has 2 heterocycles. The van der Waals surface area contributed by atoms with Crippen LogP contribution in [0.15, 0.2) is 30.3 Å². The molecule has 0 radical (unpaired) electrons. The topological polar surface area (TPSA) is 70.5 Å². The van der Waals surface area contributed by atoms with Gasteiger partial charge >= 0.3 is 12.1 Å². The van der Waals surface area contributed by atoms with E-state index in [4.69, 9.17) is 0 Å². The smallest absolute Gasteiger partial charge is 0.406 e. The number of aromatic nitrogens is 1. The SMILES string of the molecule is O=C(c1cc(C2CC2)nc2ccccc12)N1CCC(C(=O)O)(C(F)(F)F)C1. The Morgan fingerprint density at radius 2 is 1.93 bits per heavy atom. The predicted octanol–water partition coefficient (Wildman–Crippen LogP) is 3.59. The molecular weight excluding hydrogens is 361 g/mol. The number of aliphatic carboxylic acids is 1. The van der Waals surface area contributed by atoms with Gasteiger partial charge in [-0.3, -0.25) is 14.6 Å². The maximum Gasteiger partial charge on any atom is 0.406 e. The first-order valence-corrected chi connectivity index (χ1v) is 8.72. The Morgan fingerprint density at radius 1 is 1.22 bits per heavy atom. The summed E-state index contributed by atoms with van der Waals surface area (Å²) in [5.41, 5.74) is -1.25. The molecule has 2 aromatic rings. The highest BCUT2D eigenvalue weighted by Crippen LogP contribution is 2.46. The zero-order valence-electron chi connectivity index (χ0n) is 14.3. The summed E-state index contributed by atoms with van der Waals surface area (Å²) < 4.78 is 40.2. The highest BCUT2D eigenvalue weighted by molar-refractivity contribution is 6.06. The molecule has 142 valence electrons. The first kappa shape index (κ1) is 17.8. The summed E-state index contributed by atoms with van der Waals surface area (Å²) in [5.74, 6) is -2.25. The van der Waals surface area contributed by atoms with Crippen LogP contribution in [0.1, 0.15) is 41.2 Å². The highest BCUT2D eigenvalue weighted by atomic mass is 19.4. The summed E-state index contributed by atoms with van der Waals surface area (Å²) >= 11 is 0. The van der Waals surface area contributed by atoms with E-state index in [1.54, 1.807) is 30.3 Å². The van der Waals surface area contributed by atoms with Gasteiger partial charge in [-0.15, -0.1) is 0 Å². The van der Waals surface area contributed by atoms with Crippen LogP contribution in [0.2, 0.25) is 0 Å². The van der Waals surface area contributed by atoms with Crippen molar-refractivity contribution in [2.75, 3.05) is 13.1 Å². The van der Waals surface area contributed by atoms with Crippen LogP contribution in [0.4, 0.5) is 13.2 Å². The Bertz CT molecular complexity index is 939. The number of carboxylic acid groups (broad SMARTS) is 1. The van der Waals surface area contributed by atoms with Crippen molar-refractivity contribution in [1.82, 2.24) is 9.88 Å². The third-order valence-corrected chi connectivity index (χ3v) is 5.47. The number of benzene rings is 1. The van der Waals surface area contributed by atoms with E-state index in [1.807, 2.05) is 0 Å². The lowest BCUT2D eigenvalue weighted by Gasteiger charge is -2.27. The van der Waals surface area contributed by atoms with Crippen LogP contribution >= 0.6 is 0 Å². The molecule has 1 N–H and O–H groups in total. The van der Waals surface area contributed by atoms with Gasteiger partial charge in [0.15, 0.2) is 5.41 Å². The number of hydrogen-bond acceptors (Lipinski definition) is 3. The molecule has 0 bridgehead atoms. The number of halogens is 3. The molecule has 1 atom stereocenters. The van der Waals surface area contributed by atoms with E-state index < -0.39 is 36.4 Å². The first-order chi connectivity index (χ1) is 12.7. The summed E-state index contributed by atoms with van der Waals surface area (Å²) in [6.07, 6.45) is -3.62. The summed E-state index contributed by atoms with van der Waals surface area (Å²) in [6, 6.07) is 8.64. The molecule has 2 fully saturated rings. The van der Waals surface area contributed by atoms with Gasteiger partial charge in [-0.1, -0.05) is 18.2 Å². The molecule has 1 unspecified atom stereocenters. The second-order valence-electron chi connectivity index (χ2n) is 7.25. The zero-order valence-corrected chi connectivity index (χ0v) is 14.3. The van der Waals surface area contributed by atoms with Gasteiger partial charge in [-0.05, 0) is 31.4 Å². The number of rotatable bonds is 3. The lowest BCUT2D eigenvalue weighted by molar-refractivity contribution is -0.227. The van der Waals surface area contributed by atoms with Crippen LogP contribution in [0.3, 0.4) is 0 Å². The van der Waals surface area contributed by atoms with Gasteiger partial charge in [0.2, 0.25) is 0 Å². The van der Waals surface area contributed by atoms with Crippen molar-refractivity contribution in [1.29, 1.82) is 0 Å². The van der Waals surface area contributed by atoms with Crippen molar-refractivity contribution in [3.05, 3.63) is 41.6 Å². The molecule has 1 aliphatic heterocycles. The van der Waals surface area contributed by atoms with Gasteiger partial charge in [-0.25, -0.2) is 0 Å². The molecule has 27 heavy (non-hydrogen) atoms. The van der Waals surface area contributed by atoms with Gasteiger partial charge in [0.05, 0.1) is 11.1 Å². The van der Waals surface area contributed by atoms with Crippen molar-refractivity contribution < 1.29 is 27.9 Å². The Hall–Kier alpha value is -2.64. The maximum absolute atomic E-state index is 13.4. The molecule has 1 aliphatic carbocycles. The van der Waals surface area contributed by atoms with Crippen LogP contribution in [-0.2, 0) is 4.79 Å². The Labute approximate surface area is 152 Å². The number of likely N-dealkylation sites (tertiary alicyclic amines) is 1. The summed E-state index contributed by atoms with van der Waals surface area (Å²) in [7, 11) is 0. The quantitative estimate of drug-likeness (QED) is 0.886. The Kier molecular flexibility index (Phi) is 3.90. The molecule has 1 saturated heterocycles. The summed E-state index contributed by atoms with van der Waals surface area (Å²) in [6.45, 7) is -1.12. The van der Waals surface area contributed by atoms with E-state index in [9.17, 15) is 27.9 Å².